The van der Waals surface area contributed by atoms with Crippen LogP contribution in [0.25, 0.3) is 0 Å². The SMILES string of the molecule is O=S(=O)(O)c1ccc(C(Sc2ccccc2)(Sc2ccccc2)Sc2ccccc2)cc1. The van der Waals surface area contributed by atoms with Crippen LogP contribution in [0.2, 0.25) is 0 Å². The molecular formula is C25H20O3S4. The van der Waals surface area contributed by atoms with E-state index in [0.717, 1.165) is 20.2 Å². The van der Waals surface area contributed by atoms with Crippen molar-refractivity contribution >= 4 is 45.4 Å². The van der Waals surface area contributed by atoms with Gasteiger partial charge in [0, 0.05) is 14.7 Å². The van der Waals surface area contributed by atoms with E-state index in [1.165, 1.54) is 12.1 Å². The second-order valence-corrected chi connectivity index (χ2v) is 12.9. The van der Waals surface area contributed by atoms with Crippen LogP contribution in [-0.2, 0) is 13.5 Å². The van der Waals surface area contributed by atoms with E-state index in [-0.39, 0.29) is 4.90 Å². The standard InChI is InChI=1S/C25H20O3S4/c26-32(27,28)24-18-16-20(17-19-24)25(29-21-10-4-1-5-11-21,30-22-12-6-2-7-13-22)31-23-14-8-3-9-15-23/h1-19H,(H,26,27,28). The van der Waals surface area contributed by atoms with Gasteiger partial charge in [0.1, 0.15) is 3.41 Å². The first-order valence-corrected chi connectivity index (χ1v) is 13.6. The van der Waals surface area contributed by atoms with Crippen LogP contribution in [0.4, 0.5) is 0 Å². The van der Waals surface area contributed by atoms with Crippen LogP contribution in [0, 0.1) is 0 Å². The highest BCUT2D eigenvalue weighted by atomic mass is 32.3. The normalized spacial score (nSPS) is 11.9. The van der Waals surface area contributed by atoms with E-state index in [0.29, 0.717) is 0 Å². The molecule has 0 fully saturated rings. The number of rotatable bonds is 8. The molecular weight excluding hydrogens is 477 g/mol. The number of hydrogen-bond donors (Lipinski definition) is 1. The summed E-state index contributed by atoms with van der Waals surface area (Å²) in [5.74, 6) is 0. The van der Waals surface area contributed by atoms with E-state index in [1.54, 1.807) is 47.4 Å². The molecule has 0 radical (unpaired) electrons. The Morgan fingerprint density at radius 3 is 1.19 bits per heavy atom. The average molecular weight is 497 g/mol. The van der Waals surface area contributed by atoms with Gasteiger partial charge in [-0.15, -0.1) is 0 Å². The Kier molecular flexibility index (Phi) is 7.33. The molecule has 0 amide bonds. The van der Waals surface area contributed by atoms with Crippen molar-refractivity contribution in [2.45, 2.75) is 23.0 Å². The van der Waals surface area contributed by atoms with Gasteiger partial charge in [0.25, 0.3) is 10.1 Å². The van der Waals surface area contributed by atoms with E-state index in [4.69, 9.17) is 0 Å². The molecule has 0 spiro atoms. The molecule has 4 aromatic carbocycles. The first kappa shape index (κ1) is 23.0. The number of hydrogen-bond acceptors (Lipinski definition) is 5. The van der Waals surface area contributed by atoms with Crippen molar-refractivity contribution in [3.8, 4) is 0 Å². The van der Waals surface area contributed by atoms with Crippen LogP contribution in [0.1, 0.15) is 5.56 Å². The maximum Gasteiger partial charge on any atom is 0.294 e. The highest BCUT2D eigenvalue weighted by molar-refractivity contribution is 8.32. The summed E-state index contributed by atoms with van der Waals surface area (Å²) in [6.07, 6.45) is 0. The van der Waals surface area contributed by atoms with Crippen molar-refractivity contribution in [1.29, 1.82) is 0 Å². The summed E-state index contributed by atoms with van der Waals surface area (Å²) < 4.78 is 32.1. The second kappa shape index (κ2) is 10.2. The van der Waals surface area contributed by atoms with Gasteiger partial charge >= 0.3 is 0 Å². The van der Waals surface area contributed by atoms with Gasteiger partial charge in [-0.1, -0.05) is 102 Å². The molecule has 1 N–H and O–H groups in total. The third-order valence-corrected chi connectivity index (χ3v) is 9.90. The highest BCUT2D eigenvalue weighted by Crippen LogP contribution is 2.62. The van der Waals surface area contributed by atoms with E-state index in [1.807, 2.05) is 54.6 Å². The zero-order chi connectivity index (χ0) is 22.4. The third-order valence-electron chi connectivity index (χ3n) is 4.49. The van der Waals surface area contributed by atoms with Gasteiger partial charge in [-0.05, 0) is 54.1 Å². The molecule has 0 aromatic heterocycles. The Morgan fingerprint density at radius 2 is 0.875 bits per heavy atom. The maximum atomic E-state index is 11.6. The minimum Gasteiger partial charge on any atom is -0.282 e. The van der Waals surface area contributed by atoms with Crippen molar-refractivity contribution in [3.05, 3.63) is 121 Å². The first-order valence-electron chi connectivity index (χ1n) is 9.75. The lowest BCUT2D eigenvalue weighted by atomic mass is 10.2. The topological polar surface area (TPSA) is 54.4 Å². The van der Waals surface area contributed by atoms with Crippen LogP contribution in [0.15, 0.2) is 135 Å². The predicted molar refractivity (Wildman–Crippen MR) is 135 cm³/mol. The summed E-state index contributed by atoms with van der Waals surface area (Å²) in [7, 11) is -4.26. The monoisotopic (exact) mass is 496 g/mol. The molecule has 0 saturated carbocycles. The molecule has 162 valence electrons. The van der Waals surface area contributed by atoms with Gasteiger partial charge in [-0.25, -0.2) is 0 Å². The smallest absolute Gasteiger partial charge is 0.282 e. The van der Waals surface area contributed by atoms with Gasteiger partial charge in [0.2, 0.25) is 0 Å². The second-order valence-electron chi connectivity index (χ2n) is 6.80. The lowest BCUT2D eigenvalue weighted by molar-refractivity contribution is 0.483. The van der Waals surface area contributed by atoms with Gasteiger partial charge in [-0.2, -0.15) is 8.42 Å². The Balaban J connectivity index is 1.86. The largest absolute Gasteiger partial charge is 0.294 e. The number of benzene rings is 4. The molecule has 4 rings (SSSR count). The molecule has 0 saturated heterocycles. The summed E-state index contributed by atoms with van der Waals surface area (Å²) in [6, 6.07) is 36.9. The molecule has 0 unspecified atom stereocenters. The molecule has 0 aliphatic carbocycles. The lowest BCUT2D eigenvalue weighted by Crippen LogP contribution is -2.13. The summed E-state index contributed by atoms with van der Waals surface area (Å²) in [5.41, 5.74) is 0.932. The predicted octanol–water partition coefficient (Wildman–Crippen LogP) is 7.42. The molecule has 0 atom stereocenters. The Hall–Kier alpha value is -2.16. The fourth-order valence-electron chi connectivity index (χ4n) is 3.00. The van der Waals surface area contributed by atoms with Crippen LogP contribution >= 0.6 is 35.3 Å². The van der Waals surface area contributed by atoms with Crippen molar-refractivity contribution in [2.75, 3.05) is 0 Å². The van der Waals surface area contributed by atoms with E-state index < -0.39 is 13.5 Å². The van der Waals surface area contributed by atoms with Gasteiger partial charge < -0.3 is 0 Å². The summed E-state index contributed by atoms with van der Waals surface area (Å²) in [5, 5.41) is 0. The first-order chi connectivity index (χ1) is 15.4. The third kappa shape index (κ3) is 5.79. The average Bonchev–Trinajstić information content (AvgIpc) is 2.80. The maximum absolute atomic E-state index is 11.6. The Labute approximate surface area is 201 Å². The van der Waals surface area contributed by atoms with Crippen LogP contribution in [-0.4, -0.2) is 13.0 Å². The molecule has 0 aliphatic heterocycles. The van der Waals surface area contributed by atoms with Crippen LogP contribution in [0.5, 0.6) is 0 Å². The lowest BCUT2D eigenvalue weighted by Gasteiger charge is -2.33. The zero-order valence-corrected chi connectivity index (χ0v) is 20.1. The zero-order valence-electron chi connectivity index (χ0n) is 16.9. The molecule has 7 heteroatoms. The quantitative estimate of drug-likeness (QED) is 0.156. The molecule has 0 heterocycles. The van der Waals surface area contributed by atoms with Crippen molar-refractivity contribution in [1.82, 2.24) is 0 Å². The minimum atomic E-state index is -4.26. The molecule has 4 aromatic rings. The highest BCUT2D eigenvalue weighted by Gasteiger charge is 2.37. The van der Waals surface area contributed by atoms with Gasteiger partial charge in [0.05, 0.1) is 4.90 Å². The van der Waals surface area contributed by atoms with Gasteiger partial charge in [0.15, 0.2) is 0 Å². The van der Waals surface area contributed by atoms with E-state index in [2.05, 4.69) is 36.4 Å². The summed E-state index contributed by atoms with van der Waals surface area (Å²) in [4.78, 5) is 3.17. The van der Waals surface area contributed by atoms with Crippen molar-refractivity contribution in [2.24, 2.45) is 0 Å². The number of thioether (sulfide) groups is 3. The fraction of sp³-hybridized carbons (Fsp3) is 0.0400. The summed E-state index contributed by atoms with van der Waals surface area (Å²) >= 11 is 5.12. The molecule has 0 bridgehead atoms. The van der Waals surface area contributed by atoms with Gasteiger partial charge in [-0.3, -0.25) is 4.55 Å². The Morgan fingerprint density at radius 1 is 0.531 bits per heavy atom. The van der Waals surface area contributed by atoms with Crippen molar-refractivity contribution in [3.63, 3.8) is 0 Å². The Bertz CT molecular complexity index is 1140. The summed E-state index contributed by atoms with van der Waals surface area (Å²) in [6.45, 7) is 0. The van der Waals surface area contributed by atoms with Crippen molar-refractivity contribution < 1.29 is 13.0 Å². The van der Waals surface area contributed by atoms with E-state index in [9.17, 15) is 13.0 Å². The molecule has 32 heavy (non-hydrogen) atoms. The fourth-order valence-corrected chi connectivity index (χ4v) is 8.29. The molecule has 3 nitrogen and oxygen atoms in total. The van der Waals surface area contributed by atoms with Crippen LogP contribution in [0.3, 0.4) is 0 Å². The minimum absolute atomic E-state index is 0.116. The van der Waals surface area contributed by atoms with E-state index >= 15 is 0 Å². The molecule has 0 aliphatic rings. The van der Waals surface area contributed by atoms with Crippen LogP contribution < -0.4 is 0 Å².